The minimum atomic E-state index is 0.919. The molecule has 0 heteroatoms. The van der Waals surface area contributed by atoms with Crippen molar-refractivity contribution in [3.8, 4) is 11.1 Å². The Bertz CT molecular complexity index is 665. The van der Waals surface area contributed by atoms with Gasteiger partial charge in [-0.15, -0.1) is 0 Å². The number of aryl methyl sites for hydroxylation is 2. The minimum absolute atomic E-state index is 0.919. The van der Waals surface area contributed by atoms with Gasteiger partial charge in [0.05, 0.1) is 0 Å². The Kier molecular flexibility index (Phi) is 7.35. The topological polar surface area (TPSA) is 0 Å². The summed E-state index contributed by atoms with van der Waals surface area (Å²) in [5.41, 5.74) is 7.45. The van der Waals surface area contributed by atoms with Gasteiger partial charge in [-0.2, -0.15) is 0 Å². The average Bonchev–Trinajstić information content (AvgIpc) is 2.69. The molecule has 0 nitrogen and oxygen atoms in total. The largest absolute Gasteiger partial charge is 0.0654 e. The second-order valence-electron chi connectivity index (χ2n) is 8.24. The molecule has 0 aromatic heterocycles. The van der Waals surface area contributed by atoms with Gasteiger partial charge in [-0.05, 0) is 65.8 Å². The van der Waals surface area contributed by atoms with Gasteiger partial charge in [0, 0.05) is 0 Å². The fourth-order valence-corrected chi connectivity index (χ4v) is 4.36. The molecule has 0 spiro atoms. The van der Waals surface area contributed by atoms with Crippen LogP contribution in [-0.4, -0.2) is 0 Å². The molecule has 2 aromatic rings. The molecule has 0 aliphatic heterocycles. The summed E-state index contributed by atoms with van der Waals surface area (Å²) >= 11 is 0. The maximum atomic E-state index is 2.46. The lowest BCUT2D eigenvalue weighted by atomic mass is 9.80. The monoisotopic (exact) mass is 348 g/mol. The lowest BCUT2D eigenvalue weighted by Crippen LogP contribution is -2.14. The molecule has 26 heavy (non-hydrogen) atoms. The van der Waals surface area contributed by atoms with Gasteiger partial charge in [-0.3, -0.25) is 0 Å². The van der Waals surface area contributed by atoms with E-state index in [1.54, 1.807) is 11.1 Å². The molecule has 0 saturated heterocycles. The average molecular weight is 349 g/mol. The maximum absolute atomic E-state index is 2.46. The van der Waals surface area contributed by atoms with Crippen LogP contribution >= 0.6 is 0 Å². The molecule has 0 radical (unpaired) electrons. The molecule has 1 atom stereocenters. The van der Waals surface area contributed by atoms with Crippen molar-refractivity contribution < 1.29 is 0 Å². The Morgan fingerprint density at radius 3 is 2.31 bits per heavy atom. The summed E-state index contributed by atoms with van der Waals surface area (Å²) in [6.07, 6.45) is 14.8. The van der Waals surface area contributed by atoms with E-state index in [0.717, 1.165) is 5.92 Å². The van der Waals surface area contributed by atoms with Crippen molar-refractivity contribution in [2.75, 3.05) is 0 Å². The lowest BCUT2D eigenvalue weighted by molar-refractivity contribution is 0.406. The highest BCUT2D eigenvalue weighted by atomic mass is 14.2. The number of fused-ring (bicyclic) bond motifs is 1. The van der Waals surface area contributed by atoms with Crippen LogP contribution in [-0.2, 0) is 19.3 Å². The third kappa shape index (κ3) is 5.22. The number of unbranched alkanes of at least 4 members (excludes halogenated alkanes) is 4. The van der Waals surface area contributed by atoms with E-state index >= 15 is 0 Å². The summed E-state index contributed by atoms with van der Waals surface area (Å²) in [4.78, 5) is 0. The fourth-order valence-electron chi connectivity index (χ4n) is 4.36. The predicted molar refractivity (Wildman–Crippen MR) is 115 cm³/mol. The highest BCUT2D eigenvalue weighted by molar-refractivity contribution is 5.65. The van der Waals surface area contributed by atoms with Crippen molar-refractivity contribution in [1.29, 1.82) is 0 Å². The molecule has 0 heterocycles. The second kappa shape index (κ2) is 9.95. The van der Waals surface area contributed by atoms with Crippen LogP contribution in [0.4, 0.5) is 0 Å². The van der Waals surface area contributed by atoms with Crippen molar-refractivity contribution in [3.63, 3.8) is 0 Å². The molecular weight excluding hydrogens is 312 g/mol. The zero-order valence-electron chi connectivity index (χ0n) is 16.9. The fraction of sp³-hybridized carbons (Fsp3) is 0.538. The van der Waals surface area contributed by atoms with Gasteiger partial charge in [0.15, 0.2) is 0 Å². The maximum Gasteiger partial charge on any atom is -0.0181 e. The summed E-state index contributed by atoms with van der Waals surface area (Å²) in [5, 5.41) is 0. The summed E-state index contributed by atoms with van der Waals surface area (Å²) < 4.78 is 0. The highest BCUT2D eigenvalue weighted by Crippen LogP contribution is 2.32. The van der Waals surface area contributed by atoms with Crippen LogP contribution in [0.3, 0.4) is 0 Å². The first-order valence-corrected chi connectivity index (χ1v) is 11.0. The first kappa shape index (κ1) is 19.2. The Labute approximate surface area is 161 Å². The first-order chi connectivity index (χ1) is 12.8. The van der Waals surface area contributed by atoms with Crippen LogP contribution in [0, 0.1) is 5.92 Å². The smallest absolute Gasteiger partial charge is 0.0181 e. The summed E-state index contributed by atoms with van der Waals surface area (Å²) in [5.74, 6) is 0.919. The Morgan fingerprint density at radius 2 is 1.54 bits per heavy atom. The molecule has 3 rings (SSSR count). The van der Waals surface area contributed by atoms with Crippen molar-refractivity contribution in [1.82, 2.24) is 0 Å². The molecule has 1 unspecified atom stereocenters. The van der Waals surface area contributed by atoms with Gasteiger partial charge < -0.3 is 0 Å². The SMILES string of the molecule is CCCCCCC1CCc2cc(-c3ccc(CCCC)cc3)ccc2C1. The zero-order chi connectivity index (χ0) is 18.2. The Balaban J connectivity index is 1.61. The normalized spacial score (nSPS) is 16.5. The molecule has 140 valence electrons. The summed E-state index contributed by atoms with van der Waals surface area (Å²) in [6, 6.07) is 16.5. The molecule has 0 fully saturated rings. The minimum Gasteiger partial charge on any atom is -0.0654 e. The van der Waals surface area contributed by atoms with E-state index in [4.69, 9.17) is 0 Å². The van der Waals surface area contributed by atoms with E-state index in [1.807, 2.05) is 0 Å². The van der Waals surface area contributed by atoms with Crippen LogP contribution < -0.4 is 0 Å². The van der Waals surface area contributed by atoms with Gasteiger partial charge in [0.1, 0.15) is 0 Å². The number of rotatable bonds is 9. The van der Waals surface area contributed by atoms with E-state index in [2.05, 4.69) is 56.3 Å². The van der Waals surface area contributed by atoms with Gasteiger partial charge in [0.2, 0.25) is 0 Å². The molecule has 2 aromatic carbocycles. The van der Waals surface area contributed by atoms with Crippen molar-refractivity contribution in [2.24, 2.45) is 5.92 Å². The number of hydrogen-bond acceptors (Lipinski definition) is 0. The van der Waals surface area contributed by atoms with Gasteiger partial charge in [-0.25, -0.2) is 0 Å². The van der Waals surface area contributed by atoms with Crippen LogP contribution in [0.25, 0.3) is 11.1 Å². The van der Waals surface area contributed by atoms with Crippen molar-refractivity contribution in [2.45, 2.75) is 84.5 Å². The predicted octanol–water partition coefficient (Wildman–Crippen LogP) is 7.77. The van der Waals surface area contributed by atoms with Gasteiger partial charge in [0.25, 0.3) is 0 Å². The third-order valence-electron chi connectivity index (χ3n) is 6.11. The Morgan fingerprint density at radius 1 is 0.769 bits per heavy atom. The van der Waals surface area contributed by atoms with Crippen LogP contribution in [0.1, 0.15) is 81.9 Å². The second-order valence-corrected chi connectivity index (χ2v) is 8.24. The standard InChI is InChI=1S/C26H36/c1-3-5-7-8-10-22-13-16-26-20-25(18-17-24(26)19-22)23-14-11-21(12-15-23)9-6-4-2/h11-12,14-15,17-18,20,22H,3-10,13,16,19H2,1-2H3. The molecular formula is C26H36. The van der Waals surface area contributed by atoms with Crippen LogP contribution in [0.5, 0.6) is 0 Å². The van der Waals surface area contributed by atoms with E-state index in [1.165, 1.54) is 87.3 Å². The molecule has 0 amide bonds. The van der Waals surface area contributed by atoms with Gasteiger partial charge >= 0.3 is 0 Å². The van der Waals surface area contributed by atoms with Crippen molar-refractivity contribution >= 4 is 0 Å². The quantitative estimate of drug-likeness (QED) is 0.406. The molecule has 1 aliphatic carbocycles. The van der Waals surface area contributed by atoms with Crippen molar-refractivity contribution in [3.05, 3.63) is 59.2 Å². The van der Waals surface area contributed by atoms with E-state index in [9.17, 15) is 0 Å². The lowest BCUT2D eigenvalue weighted by Gasteiger charge is -2.25. The van der Waals surface area contributed by atoms with E-state index in [-0.39, 0.29) is 0 Å². The molecule has 0 N–H and O–H groups in total. The highest BCUT2D eigenvalue weighted by Gasteiger charge is 2.18. The van der Waals surface area contributed by atoms with Crippen LogP contribution in [0.15, 0.2) is 42.5 Å². The Hall–Kier alpha value is -1.56. The van der Waals surface area contributed by atoms with Crippen LogP contribution in [0.2, 0.25) is 0 Å². The number of benzene rings is 2. The zero-order valence-corrected chi connectivity index (χ0v) is 16.9. The third-order valence-corrected chi connectivity index (χ3v) is 6.11. The van der Waals surface area contributed by atoms with E-state index < -0.39 is 0 Å². The number of hydrogen-bond donors (Lipinski definition) is 0. The van der Waals surface area contributed by atoms with E-state index in [0.29, 0.717) is 0 Å². The summed E-state index contributed by atoms with van der Waals surface area (Å²) in [7, 11) is 0. The summed E-state index contributed by atoms with van der Waals surface area (Å²) in [6.45, 7) is 4.56. The van der Waals surface area contributed by atoms with Gasteiger partial charge in [-0.1, -0.05) is 94.8 Å². The molecule has 0 bridgehead atoms. The first-order valence-electron chi connectivity index (χ1n) is 11.0. The molecule has 0 saturated carbocycles. The molecule has 1 aliphatic rings.